The Hall–Kier alpha value is -6.00. The minimum absolute atomic E-state index is 0.676. The highest BCUT2D eigenvalue weighted by atomic mass is 16.3. The summed E-state index contributed by atoms with van der Waals surface area (Å²) >= 11 is 0. The van der Waals surface area contributed by atoms with Gasteiger partial charge in [0.1, 0.15) is 22.3 Å². The molecule has 0 unspecified atom stereocenters. The first-order valence-corrected chi connectivity index (χ1v) is 14.7. The zero-order chi connectivity index (χ0) is 29.0. The molecule has 9 rings (SSSR count). The van der Waals surface area contributed by atoms with Crippen molar-refractivity contribution in [1.82, 2.24) is 9.97 Å². The molecule has 3 aromatic heterocycles. The molecular formula is C40H24N2O2. The van der Waals surface area contributed by atoms with Crippen LogP contribution in [-0.2, 0) is 0 Å². The number of benzene rings is 6. The van der Waals surface area contributed by atoms with Gasteiger partial charge in [0.25, 0.3) is 0 Å². The van der Waals surface area contributed by atoms with E-state index in [0.29, 0.717) is 5.82 Å². The van der Waals surface area contributed by atoms with Gasteiger partial charge >= 0.3 is 0 Å². The maximum atomic E-state index is 6.64. The molecular weight excluding hydrogens is 540 g/mol. The molecule has 0 saturated heterocycles. The molecule has 0 N–H and O–H groups in total. The zero-order valence-corrected chi connectivity index (χ0v) is 23.6. The SMILES string of the molecule is c1ccc(-c2cc(-c3cccc4c3oc3cccc(-c5ccc6c(c5)oc5ccccc56)c34)nc(-c3ccccc3)n2)cc1. The predicted octanol–water partition coefficient (Wildman–Crippen LogP) is 10.9. The highest BCUT2D eigenvalue weighted by molar-refractivity contribution is 6.16. The summed E-state index contributed by atoms with van der Waals surface area (Å²) in [5.41, 5.74) is 10.2. The van der Waals surface area contributed by atoms with Crippen LogP contribution in [0.4, 0.5) is 0 Å². The average Bonchev–Trinajstić information content (AvgIpc) is 3.67. The molecule has 0 amide bonds. The second kappa shape index (κ2) is 9.79. The summed E-state index contributed by atoms with van der Waals surface area (Å²) in [5, 5.41) is 4.35. The van der Waals surface area contributed by atoms with Crippen molar-refractivity contribution in [3.63, 3.8) is 0 Å². The Morgan fingerprint density at radius 2 is 1.05 bits per heavy atom. The van der Waals surface area contributed by atoms with Gasteiger partial charge in [0.05, 0.1) is 11.4 Å². The number of aromatic nitrogens is 2. The highest BCUT2D eigenvalue weighted by Gasteiger charge is 2.19. The van der Waals surface area contributed by atoms with Gasteiger partial charge < -0.3 is 8.83 Å². The van der Waals surface area contributed by atoms with Gasteiger partial charge in [-0.2, -0.15) is 0 Å². The minimum atomic E-state index is 0.676. The number of hydrogen-bond acceptors (Lipinski definition) is 4. The van der Waals surface area contributed by atoms with Crippen LogP contribution >= 0.6 is 0 Å². The Kier molecular flexibility index (Phi) is 5.47. The van der Waals surface area contributed by atoms with Gasteiger partial charge in [-0.05, 0) is 47.5 Å². The topological polar surface area (TPSA) is 52.1 Å². The van der Waals surface area contributed by atoms with Gasteiger partial charge in [-0.25, -0.2) is 9.97 Å². The van der Waals surface area contributed by atoms with Crippen LogP contribution in [0.5, 0.6) is 0 Å². The maximum Gasteiger partial charge on any atom is 0.160 e. The van der Waals surface area contributed by atoms with Crippen LogP contribution in [-0.4, -0.2) is 9.97 Å². The summed E-state index contributed by atoms with van der Waals surface area (Å²) in [6.45, 7) is 0. The molecule has 0 bridgehead atoms. The third-order valence-electron chi connectivity index (χ3n) is 8.32. The van der Waals surface area contributed by atoms with Gasteiger partial charge in [-0.15, -0.1) is 0 Å². The van der Waals surface area contributed by atoms with E-state index in [4.69, 9.17) is 18.8 Å². The number of rotatable bonds is 4. The summed E-state index contributed by atoms with van der Waals surface area (Å²) in [6, 6.07) is 49.6. The third-order valence-corrected chi connectivity index (χ3v) is 8.32. The van der Waals surface area contributed by atoms with E-state index in [9.17, 15) is 0 Å². The van der Waals surface area contributed by atoms with Crippen LogP contribution in [0.3, 0.4) is 0 Å². The Bertz CT molecular complexity index is 2430. The summed E-state index contributed by atoms with van der Waals surface area (Å²) < 4.78 is 12.9. The summed E-state index contributed by atoms with van der Waals surface area (Å²) in [5.74, 6) is 0.676. The fraction of sp³-hybridized carbons (Fsp3) is 0. The van der Waals surface area contributed by atoms with E-state index in [1.54, 1.807) is 0 Å². The van der Waals surface area contributed by atoms with Gasteiger partial charge in [-0.1, -0.05) is 109 Å². The average molecular weight is 565 g/mol. The van der Waals surface area contributed by atoms with Crippen LogP contribution in [0.2, 0.25) is 0 Å². The second-order valence-corrected chi connectivity index (χ2v) is 11.0. The molecule has 0 saturated carbocycles. The molecule has 4 heteroatoms. The molecule has 3 heterocycles. The predicted molar refractivity (Wildman–Crippen MR) is 178 cm³/mol. The number of para-hydroxylation sites is 2. The molecule has 0 radical (unpaired) electrons. The van der Waals surface area contributed by atoms with Crippen molar-refractivity contribution in [1.29, 1.82) is 0 Å². The van der Waals surface area contributed by atoms with Crippen molar-refractivity contribution in [2.75, 3.05) is 0 Å². The summed E-state index contributed by atoms with van der Waals surface area (Å²) in [6.07, 6.45) is 0. The van der Waals surface area contributed by atoms with E-state index in [1.807, 2.05) is 78.9 Å². The first kappa shape index (κ1) is 24.6. The quantitative estimate of drug-likeness (QED) is 0.213. The maximum absolute atomic E-state index is 6.64. The first-order chi connectivity index (χ1) is 21.8. The number of furan rings is 2. The molecule has 0 aliphatic carbocycles. The standard InChI is InChI=1S/C40H24N2O2/c1-3-11-25(12-4-1)33-24-34(42-40(41-33)26-13-5-2-6-14-26)31-17-9-18-32-38-28(16-10-20-36(38)44-39(31)32)27-21-22-30-29-15-7-8-19-35(29)43-37(30)23-27/h1-24H. The minimum Gasteiger partial charge on any atom is -0.456 e. The van der Waals surface area contributed by atoms with Crippen LogP contribution in [0.1, 0.15) is 0 Å². The smallest absolute Gasteiger partial charge is 0.160 e. The molecule has 0 aliphatic rings. The van der Waals surface area contributed by atoms with Crippen LogP contribution < -0.4 is 0 Å². The number of hydrogen-bond donors (Lipinski definition) is 0. The van der Waals surface area contributed by atoms with Crippen LogP contribution in [0.25, 0.3) is 88.9 Å². The number of nitrogens with zero attached hydrogens (tertiary/aromatic N) is 2. The largest absolute Gasteiger partial charge is 0.456 e. The van der Waals surface area contributed by atoms with Gasteiger partial charge in [0.2, 0.25) is 0 Å². The summed E-state index contributed by atoms with van der Waals surface area (Å²) in [4.78, 5) is 10.0. The summed E-state index contributed by atoms with van der Waals surface area (Å²) in [7, 11) is 0. The van der Waals surface area contributed by atoms with Gasteiger partial charge in [-0.3, -0.25) is 0 Å². The van der Waals surface area contributed by atoms with E-state index >= 15 is 0 Å². The molecule has 0 aliphatic heterocycles. The van der Waals surface area contributed by atoms with Crippen molar-refractivity contribution in [3.05, 3.63) is 146 Å². The van der Waals surface area contributed by atoms with Gasteiger partial charge in [0.15, 0.2) is 5.82 Å². The second-order valence-electron chi connectivity index (χ2n) is 11.0. The van der Waals surface area contributed by atoms with Crippen LogP contribution in [0, 0.1) is 0 Å². The fourth-order valence-corrected chi connectivity index (χ4v) is 6.24. The zero-order valence-electron chi connectivity index (χ0n) is 23.6. The highest BCUT2D eigenvalue weighted by Crippen LogP contribution is 2.42. The van der Waals surface area contributed by atoms with Crippen molar-refractivity contribution in [2.45, 2.75) is 0 Å². The molecule has 0 fully saturated rings. The molecule has 0 spiro atoms. The molecule has 4 nitrogen and oxygen atoms in total. The van der Waals surface area contributed by atoms with Crippen molar-refractivity contribution in [3.8, 4) is 45.0 Å². The lowest BCUT2D eigenvalue weighted by molar-refractivity contribution is 0.668. The Morgan fingerprint density at radius 3 is 1.91 bits per heavy atom. The lowest BCUT2D eigenvalue weighted by Crippen LogP contribution is -1.96. The monoisotopic (exact) mass is 564 g/mol. The normalized spacial score (nSPS) is 11.6. The molecule has 0 atom stereocenters. The molecule has 44 heavy (non-hydrogen) atoms. The van der Waals surface area contributed by atoms with E-state index in [-0.39, 0.29) is 0 Å². The first-order valence-electron chi connectivity index (χ1n) is 14.7. The lowest BCUT2D eigenvalue weighted by Gasteiger charge is -2.09. The van der Waals surface area contributed by atoms with E-state index in [0.717, 1.165) is 83.1 Å². The lowest BCUT2D eigenvalue weighted by atomic mass is 9.97. The fourth-order valence-electron chi connectivity index (χ4n) is 6.24. The molecule has 6 aromatic carbocycles. The molecule has 206 valence electrons. The third kappa shape index (κ3) is 3.92. The van der Waals surface area contributed by atoms with Crippen LogP contribution in [0.15, 0.2) is 154 Å². The van der Waals surface area contributed by atoms with Crippen molar-refractivity contribution >= 4 is 43.9 Å². The van der Waals surface area contributed by atoms with Crippen molar-refractivity contribution < 1.29 is 8.83 Å². The van der Waals surface area contributed by atoms with Crippen molar-refractivity contribution in [2.24, 2.45) is 0 Å². The van der Waals surface area contributed by atoms with E-state index in [1.165, 1.54) is 0 Å². The van der Waals surface area contributed by atoms with Gasteiger partial charge in [0, 0.05) is 38.2 Å². The molecule has 9 aromatic rings. The Morgan fingerprint density at radius 1 is 0.386 bits per heavy atom. The van der Waals surface area contributed by atoms with E-state index in [2.05, 4.69) is 66.7 Å². The number of fused-ring (bicyclic) bond motifs is 6. The van der Waals surface area contributed by atoms with E-state index < -0.39 is 0 Å². The Balaban J connectivity index is 1.26. The Labute approximate surface area is 252 Å².